The van der Waals surface area contributed by atoms with E-state index in [1.807, 2.05) is 0 Å². The summed E-state index contributed by atoms with van der Waals surface area (Å²) in [7, 11) is 0. The molecule has 3 aromatic rings. The summed E-state index contributed by atoms with van der Waals surface area (Å²) in [6, 6.07) is 8.37. The lowest BCUT2D eigenvalue weighted by Gasteiger charge is -2.15. The van der Waals surface area contributed by atoms with E-state index in [4.69, 9.17) is 9.47 Å². The van der Waals surface area contributed by atoms with Gasteiger partial charge in [0.25, 0.3) is 0 Å². The van der Waals surface area contributed by atoms with Crippen molar-refractivity contribution < 1.29 is 9.47 Å². The normalized spacial score (nSPS) is 10.4. The molecule has 0 unspecified atom stereocenters. The third kappa shape index (κ3) is 6.44. The maximum Gasteiger partial charge on any atom is 0.119 e. The van der Waals surface area contributed by atoms with Gasteiger partial charge in [-0.05, 0) is 137 Å². The van der Waals surface area contributed by atoms with E-state index in [0.29, 0.717) is 0 Å². The quantitative estimate of drug-likeness (QED) is 0.312. The molecule has 0 aliphatic heterocycles. The van der Waals surface area contributed by atoms with Crippen LogP contribution in [0.5, 0.6) is 11.5 Å². The fourth-order valence-electron chi connectivity index (χ4n) is 4.79. The highest BCUT2D eigenvalue weighted by atomic mass is 16.5. The fourth-order valence-corrected chi connectivity index (χ4v) is 4.79. The summed E-state index contributed by atoms with van der Waals surface area (Å²) < 4.78 is 11.7. The standard InChI is InChI=1S/C36H42O2/c1-11-17-37-31-19-23(3)33(24(4)20-31)13-15-35-27(7)29(9)36(30(10)28(35)8)16-14-34-25(5)21-32(22-26(34)6)38-18-12-2/h19-22H,11-12,17-18H2,1-10H3. The molecule has 0 atom stereocenters. The van der Waals surface area contributed by atoms with E-state index >= 15 is 0 Å². The Balaban J connectivity index is 2.00. The third-order valence-electron chi connectivity index (χ3n) is 7.21. The van der Waals surface area contributed by atoms with Crippen LogP contribution in [-0.2, 0) is 0 Å². The van der Waals surface area contributed by atoms with Crippen LogP contribution in [0.2, 0.25) is 0 Å². The van der Waals surface area contributed by atoms with Gasteiger partial charge in [-0.1, -0.05) is 37.5 Å². The van der Waals surface area contributed by atoms with Crippen LogP contribution in [0, 0.1) is 79.1 Å². The first-order valence-corrected chi connectivity index (χ1v) is 13.7. The molecule has 0 radical (unpaired) electrons. The van der Waals surface area contributed by atoms with E-state index in [0.717, 1.165) is 82.1 Å². The van der Waals surface area contributed by atoms with Gasteiger partial charge in [0.2, 0.25) is 0 Å². The smallest absolute Gasteiger partial charge is 0.119 e. The molecule has 0 aliphatic rings. The topological polar surface area (TPSA) is 18.5 Å². The van der Waals surface area contributed by atoms with Gasteiger partial charge in [0.15, 0.2) is 0 Å². The van der Waals surface area contributed by atoms with E-state index in [2.05, 4.69) is 117 Å². The Labute approximate surface area is 230 Å². The molecule has 3 rings (SSSR count). The minimum Gasteiger partial charge on any atom is -0.494 e. The van der Waals surface area contributed by atoms with Crippen LogP contribution in [-0.4, -0.2) is 13.2 Å². The Hall–Kier alpha value is -3.62. The SMILES string of the molecule is CCCOc1cc(C)c(C#Cc2c(C)c(C)c(C#Cc3c(C)cc(OCCC)cc3C)c(C)c2C)c(C)c1. The molecular weight excluding hydrogens is 464 g/mol. The molecule has 198 valence electrons. The highest BCUT2D eigenvalue weighted by Crippen LogP contribution is 2.27. The summed E-state index contributed by atoms with van der Waals surface area (Å²) in [4.78, 5) is 0. The van der Waals surface area contributed by atoms with Gasteiger partial charge in [-0.25, -0.2) is 0 Å². The van der Waals surface area contributed by atoms with Gasteiger partial charge >= 0.3 is 0 Å². The van der Waals surface area contributed by atoms with Gasteiger partial charge in [-0.15, -0.1) is 0 Å². The summed E-state index contributed by atoms with van der Waals surface area (Å²) >= 11 is 0. The van der Waals surface area contributed by atoms with Crippen LogP contribution in [0.4, 0.5) is 0 Å². The van der Waals surface area contributed by atoms with Crippen LogP contribution in [0.25, 0.3) is 0 Å². The monoisotopic (exact) mass is 506 g/mol. The second-order valence-electron chi connectivity index (χ2n) is 10.3. The molecule has 0 bridgehead atoms. The number of aryl methyl sites for hydroxylation is 4. The van der Waals surface area contributed by atoms with Crippen LogP contribution in [0.15, 0.2) is 24.3 Å². The minimum atomic E-state index is 0.730. The molecule has 2 nitrogen and oxygen atoms in total. The summed E-state index contributed by atoms with van der Waals surface area (Å²) in [6.07, 6.45) is 1.99. The van der Waals surface area contributed by atoms with Crippen molar-refractivity contribution in [1.82, 2.24) is 0 Å². The van der Waals surface area contributed by atoms with Gasteiger partial charge in [0, 0.05) is 22.3 Å². The van der Waals surface area contributed by atoms with E-state index in [9.17, 15) is 0 Å². The molecule has 0 spiro atoms. The largest absolute Gasteiger partial charge is 0.494 e. The molecule has 0 heterocycles. The first kappa shape index (κ1) is 28.9. The predicted molar refractivity (Wildman–Crippen MR) is 161 cm³/mol. The lowest BCUT2D eigenvalue weighted by Crippen LogP contribution is -2.01. The second-order valence-corrected chi connectivity index (χ2v) is 10.3. The Morgan fingerprint density at radius 2 is 0.711 bits per heavy atom. The van der Waals surface area contributed by atoms with Crippen molar-refractivity contribution in [3.8, 4) is 35.2 Å². The molecule has 0 saturated carbocycles. The lowest BCUT2D eigenvalue weighted by molar-refractivity contribution is 0.317. The number of hydrogen-bond acceptors (Lipinski definition) is 2. The van der Waals surface area contributed by atoms with E-state index in [-0.39, 0.29) is 0 Å². The zero-order valence-electron chi connectivity index (χ0n) is 25.0. The fraction of sp³-hybridized carbons (Fsp3) is 0.389. The highest BCUT2D eigenvalue weighted by Gasteiger charge is 2.13. The maximum absolute atomic E-state index is 5.84. The molecule has 38 heavy (non-hydrogen) atoms. The van der Waals surface area contributed by atoms with Crippen LogP contribution < -0.4 is 9.47 Å². The average Bonchev–Trinajstić information content (AvgIpc) is 2.87. The molecule has 0 saturated heterocycles. The van der Waals surface area contributed by atoms with Crippen LogP contribution in [0.3, 0.4) is 0 Å². The van der Waals surface area contributed by atoms with Gasteiger partial charge in [0.05, 0.1) is 13.2 Å². The molecule has 3 aromatic carbocycles. The second kappa shape index (κ2) is 12.8. The van der Waals surface area contributed by atoms with Crippen molar-refractivity contribution in [2.75, 3.05) is 13.2 Å². The number of rotatable bonds is 6. The van der Waals surface area contributed by atoms with Gasteiger partial charge in [-0.2, -0.15) is 0 Å². The summed E-state index contributed by atoms with van der Waals surface area (Å²) in [5, 5.41) is 0. The first-order chi connectivity index (χ1) is 18.1. The van der Waals surface area contributed by atoms with Crippen molar-refractivity contribution in [3.05, 3.63) is 91.0 Å². The van der Waals surface area contributed by atoms with Crippen LogP contribution in [0.1, 0.15) is 93.5 Å². The number of benzene rings is 3. The third-order valence-corrected chi connectivity index (χ3v) is 7.21. The summed E-state index contributed by atoms with van der Waals surface area (Å²) in [5.41, 5.74) is 13.7. The summed E-state index contributed by atoms with van der Waals surface area (Å²) in [6.45, 7) is 22.8. The first-order valence-electron chi connectivity index (χ1n) is 13.7. The van der Waals surface area contributed by atoms with Gasteiger partial charge in [-0.3, -0.25) is 0 Å². The Morgan fingerprint density at radius 1 is 0.447 bits per heavy atom. The zero-order chi connectivity index (χ0) is 28.0. The molecule has 0 N–H and O–H groups in total. The number of hydrogen-bond donors (Lipinski definition) is 0. The molecule has 2 heteroatoms. The zero-order valence-corrected chi connectivity index (χ0v) is 25.0. The Bertz CT molecular complexity index is 1280. The van der Waals surface area contributed by atoms with E-state index < -0.39 is 0 Å². The van der Waals surface area contributed by atoms with Crippen molar-refractivity contribution in [3.63, 3.8) is 0 Å². The molecular formula is C36H42O2. The predicted octanol–water partition coefficient (Wildman–Crippen LogP) is 8.53. The van der Waals surface area contributed by atoms with Gasteiger partial charge in [0.1, 0.15) is 11.5 Å². The Kier molecular flexibility index (Phi) is 9.72. The lowest BCUT2D eigenvalue weighted by atomic mass is 9.88. The molecule has 0 fully saturated rings. The van der Waals surface area contributed by atoms with Crippen molar-refractivity contribution in [2.24, 2.45) is 0 Å². The van der Waals surface area contributed by atoms with Gasteiger partial charge < -0.3 is 9.47 Å². The maximum atomic E-state index is 5.84. The number of ether oxygens (including phenoxy) is 2. The average molecular weight is 507 g/mol. The Morgan fingerprint density at radius 3 is 0.974 bits per heavy atom. The van der Waals surface area contributed by atoms with E-state index in [1.165, 1.54) is 22.3 Å². The molecule has 0 amide bonds. The highest BCUT2D eigenvalue weighted by molar-refractivity contribution is 5.64. The van der Waals surface area contributed by atoms with Crippen molar-refractivity contribution in [2.45, 2.75) is 82.1 Å². The molecule has 0 aliphatic carbocycles. The minimum absolute atomic E-state index is 0.730. The van der Waals surface area contributed by atoms with E-state index in [1.54, 1.807) is 0 Å². The van der Waals surface area contributed by atoms with Crippen molar-refractivity contribution in [1.29, 1.82) is 0 Å². The molecule has 0 aromatic heterocycles. The van der Waals surface area contributed by atoms with Crippen molar-refractivity contribution >= 4 is 0 Å². The van der Waals surface area contributed by atoms with Crippen LogP contribution >= 0.6 is 0 Å². The summed E-state index contributed by atoms with van der Waals surface area (Å²) in [5.74, 6) is 15.8.